The molecule has 2 atom stereocenters. The molecule has 1 rings (SSSR count). The van der Waals surface area contributed by atoms with Gasteiger partial charge in [-0.1, -0.05) is 0 Å². The molecule has 0 saturated carbocycles. The van der Waals surface area contributed by atoms with E-state index in [0.29, 0.717) is 0 Å². The molecular weight excluding hydrogens is 225 g/mol. The van der Waals surface area contributed by atoms with Crippen molar-refractivity contribution >= 4 is 6.09 Å². The maximum Gasteiger partial charge on any atom is 0.409 e. The molecule has 0 aromatic heterocycles. The molecule has 1 saturated heterocycles. The van der Waals surface area contributed by atoms with Crippen molar-refractivity contribution in [3.63, 3.8) is 0 Å². The lowest BCUT2D eigenvalue weighted by Crippen LogP contribution is -2.62. The van der Waals surface area contributed by atoms with E-state index in [1.54, 1.807) is 6.92 Å². The first kappa shape index (κ1) is 13.1. The lowest BCUT2D eigenvalue weighted by Gasteiger charge is -2.43. The molecule has 4 nitrogen and oxygen atoms in total. The molecule has 1 amide bonds. The molecule has 1 fully saturated rings. The minimum absolute atomic E-state index is 0.246. The van der Waals surface area contributed by atoms with Crippen LogP contribution in [0.2, 0.25) is 0 Å². The van der Waals surface area contributed by atoms with Crippen LogP contribution in [0.3, 0.4) is 0 Å². The van der Waals surface area contributed by atoms with E-state index in [2.05, 4.69) is 4.74 Å². The lowest BCUT2D eigenvalue weighted by molar-refractivity contribution is -0.197. The minimum atomic E-state index is -4.34. The average Bonchev–Trinajstić information content (AvgIpc) is 2.18. The average molecular weight is 240 g/mol. The van der Waals surface area contributed by atoms with E-state index in [1.807, 2.05) is 0 Å². The van der Waals surface area contributed by atoms with Gasteiger partial charge in [0.05, 0.1) is 7.11 Å². The first-order chi connectivity index (χ1) is 7.27. The van der Waals surface area contributed by atoms with Crippen molar-refractivity contribution < 1.29 is 22.7 Å². The molecule has 0 aliphatic carbocycles. The predicted octanol–water partition coefficient (Wildman–Crippen LogP) is 1.32. The van der Waals surface area contributed by atoms with E-state index >= 15 is 0 Å². The summed E-state index contributed by atoms with van der Waals surface area (Å²) in [5.74, 6) is 0. The molecule has 16 heavy (non-hydrogen) atoms. The number of hydrogen-bond donors (Lipinski definition) is 0. The van der Waals surface area contributed by atoms with E-state index in [-0.39, 0.29) is 19.1 Å². The number of carbonyl (C=O) groups excluding carboxylic acids is 1. The van der Waals surface area contributed by atoms with Crippen LogP contribution in [-0.2, 0) is 4.74 Å². The topological polar surface area (TPSA) is 32.8 Å². The Bertz CT molecular complexity index is 270. The van der Waals surface area contributed by atoms with Crippen molar-refractivity contribution in [2.24, 2.45) is 0 Å². The largest absolute Gasteiger partial charge is 0.453 e. The molecule has 0 N–H and O–H groups in total. The molecule has 0 radical (unpaired) electrons. The summed E-state index contributed by atoms with van der Waals surface area (Å²) in [7, 11) is 2.57. The number of piperazine rings is 1. The molecule has 0 bridgehead atoms. The van der Waals surface area contributed by atoms with E-state index < -0.39 is 18.3 Å². The summed E-state index contributed by atoms with van der Waals surface area (Å²) in [5, 5.41) is 0. The molecule has 0 aromatic rings. The van der Waals surface area contributed by atoms with Crippen LogP contribution in [0.15, 0.2) is 0 Å². The number of halogens is 3. The fourth-order valence-electron chi connectivity index (χ4n) is 1.78. The van der Waals surface area contributed by atoms with Gasteiger partial charge in [-0.25, -0.2) is 4.79 Å². The third-order valence-corrected chi connectivity index (χ3v) is 2.88. The molecular formula is C9H15F3N2O2. The molecule has 1 aliphatic heterocycles. The zero-order valence-corrected chi connectivity index (χ0v) is 9.41. The summed E-state index contributed by atoms with van der Waals surface area (Å²) in [6, 6.07) is -1.98. The molecule has 1 heterocycles. The maximum atomic E-state index is 12.7. The zero-order chi connectivity index (χ0) is 12.5. The second-order valence-electron chi connectivity index (χ2n) is 3.95. The lowest BCUT2D eigenvalue weighted by atomic mass is 10.1. The van der Waals surface area contributed by atoms with Gasteiger partial charge in [0.15, 0.2) is 0 Å². The monoisotopic (exact) mass is 240 g/mol. The zero-order valence-electron chi connectivity index (χ0n) is 9.41. The quantitative estimate of drug-likeness (QED) is 0.640. The number of amides is 1. The molecule has 0 aromatic carbocycles. The number of methoxy groups -OCH3 is 1. The van der Waals surface area contributed by atoms with Crippen molar-refractivity contribution in [2.75, 3.05) is 27.2 Å². The molecule has 7 heteroatoms. The number of ether oxygens (including phenoxy) is 1. The van der Waals surface area contributed by atoms with Crippen LogP contribution in [-0.4, -0.2) is 61.4 Å². The summed E-state index contributed by atoms with van der Waals surface area (Å²) in [6.45, 7) is 1.51. The highest BCUT2D eigenvalue weighted by Crippen LogP contribution is 2.29. The van der Waals surface area contributed by atoms with Gasteiger partial charge in [-0.05, 0) is 14.0 Å². The van der Waals surface area contributed by atoms with Gasteiger partial charge in [-0.2, -0.15) is 13.2 Å². The summed E-state index contributed by atoms with van der Waals surface area (Å²) in [5.41, 5.74) is 0. The normalized spacial score (nSPS) is 28.0. The van der Waals surface area contributed by atoms with Crippen molar-refractivity contribution in [1.82, 2.24) is 9.80 Å². The third-order valence-electron chi connectivity index (χ3n) is 2.88. The van der Waals surface area contributed by atoms with E-state index in [1.165, 1.54) is 11.9 Å². The van der Waals surface area contributed by atoms with Gasteiger partial charge in [-0.3, -0.25) is 4.90 Å². The minimum Gasteiger partial charge on any atom is -0.453 e. The van der Waals surface area contributed by atoms with E-state index in [4.69, 9.17) is 0 Å². The summed E-state index contributed by atoms with van der Waals surface area (Å²) >= 11 is 0. The van der Waals surface area contributed by atoms with E-state index in [9.17, 15) is 18.0 Å². The first-order valence-corrected chi connectivity index (χ1v) is 4.89. The van der Waals surface area contributed by atoms with Gasteiger partial charge in [0.2, 0.25) is 0 Å². The Labute approximate surface area is 91.9 Å². The Morgan fingerprint density at radius 1 is 1.38 bits per heavy atom. The number of carbonyl (C=O) groups is 1. The smallest absolute Gasteiger partial charge is 0.409 e. The van der Waals surface area contributed by atoms with Crippen LogP contribution >= 0.6 is 0 Å². The molecule has 1 aliphatic rings. The van der Waals surface area contributed by atoms with Crippen LogP contribution in [0.25, 0.3) is 0 Å². The standard InChI is InChI=1S/C9H15F3N2O2/c1-6-4-14(8(15)16-3)5-7(13(6)2)9(10,11)12/h6-7H,4-5H2,1-3H3. The Balaban J connectivity index is 2.81. The van der Waals surface area contributed by atoms with Crippen LogP contribution in [0.5, 0.6) is 0 Å². The first-order valence-electron chi connectivity index (χ1n) is 4.89. The summed E-state index contributed by atoms with van der Waals surface area (Å²) in [6.07, 6.45) is -5.05. The van der Waals surface area contributed by atoms with Gasteiger partial charge in [0.1, 0.15) is 6.04 Å². The number of alkyl halides is 3. The van der Waals surface area contributed by atoms with Crippen LogP contribution in [0, 0.1) is 0 Å². The van der Waals surface area contributed by atoms with Crippen LogP contribution in [0.4, 0.5) is 18.0 Å². The summed E-state index contributed by atoms with van der Waals surface area (Å²) < 4.78 is 42.5. The Morgan fingerprint density at radius 3 is 2.38 bits per heavy atom. The number of likely N-dealkylation sites (N-methyl/N-ethyl adjacent to an activating group) is 1. The predicted molar refractivity (Wildman–Crippen MR) is 51.0 cm³/mol. The number of hydrogen-bond acceptors (Lipinski definition) is 3. The van der Waals surface area contributed by atoms with Gasteiger partial charge < -0.3 is 9.64 Å². The highest BCUT2D eigenvalue weighted by Gasteiger charge is 2.48. The Hall–Kier alpha value is -0.980. The number of rotatable bonds is 0. The highest BCUT2D eigenvalue weighted by atomic mass is 19.4. The number of nitrogens with zero attached hydrogens (tertiary/aromatic N) is 2. The third kappa shape index (κ3) is 2.58. The highest BCUT2D eigenvalue weighted by molar-refractivity contribution is 5.67. The SMILES string of the molecule is COC(=O)N1CC(C)N(C)C(C(F)(F)F)C1. The van der Waals surface area contributed by atoms with Crippen LogP contribution < -0.4 is 0 Å². The molecule has 0 spiro atoms. The van der Waals surface area contributed by atoms with Gasteiger partial charge in [0.25, 0.3) is 0 Å². The molecule has 2 unspecified atom stereocenters. The van der Waals surface area contributed by atoms with Gasteiger partial charge in [0, 0.05) is 19.1 Å². The van der Waals surface area contributed by atoms with Crippen molar-refractivity contribution in [2.45, 2.75) is 25.2 Å². The van der Waals surface area contributed by atoms with Gasteiger partial charge >= 0.3 is 12.3 Å². The fraction of sp³-hybridized carbons (Fsp3) is 0.889. The summed E-state index contributed by atoms with van der Waals surface area (Å²) in [4.78, 5) is 13.5. The second kappa shape index (κ2) is 4.48. The van der Waals surface area contributed by atoms with Crippen molar-refractivity contribution in [3.05, 3.63) is 0 Å². The van der Waals surface area contributed by atoms with E-state index in [0.717, 1.165) is 12.0 Å². The molecule has 94 valence electrons. The second-order valence-corrected chi connectivity index (χ2v) is 3.95. The Morgan fingerprint density at radius 2 is 1.94 bits per heavy atom. The van der Waals surface area contributed by atoms with Crippen molar-refractivity contribution in [3.8, 4) is 0 Å². The Kier molecular flexibility index (Phi) is 3.67. The van der Waals surface area contributed by atoms with Crippen LogP contribution in [0.1, 0.15) is 6.92 Å². The maximum absolute atomic E-state index is 12.7. The van der Waals surface area contributed by atoms with Gasteiger partial charge in [-0.15, -0.1) is 0 Å². The fourth-order valence-corrected chi connectivity index (χ4v) is 1.78. The van der Waals surface area contributed by atoms with Crippen molar-refractivity contribution in [1.29, 1.82) is 0 Å².